The highest BCUT2D eigenvalue weighted by atomic mass is 16.4. The molecule has 6 heteroatoms. The molecule has 1 N–H and O–H groups in total. The summed E-state index contributed by atoms with van der Waals surface area (Å²) in [4.78, 5) is 20.3. The number of aromatic carboxylic acids is 1. The summed E-state index contributed by atoms with van der Waals surface area (Å²) in [6.07, 6.45) is 2.35. The topological polar surface area (TPSA) is 80.9 Å². The third-order valence-electron chi connectivity index (χ3n) is 3.88. The lowest BCUT2D eigenvalue weighted by Crippen LogP contribution is -2.09. The predicted molar refractivity (Wildman–Crippen MR) is 90.4 cm³/mol. The molecule has 0 atom stereocenters. The van der Waals surface area contributed by atoms with Gasteiger partial charge in [-0.1, -0.05) is 36.8 Å². The van der Waals surface area contributed by atoms with E-state index in [1.807, 2.05) is 45.0 Å². The predicted octanol–water partition coefficient (Wildman–Crippen LogP) is 3.21. The Morgan fingerprint density at radius 1 is 1.12 bits per heavy atom. The number of benzene rings is 1. The summed E-state index contributed by atoms with van der Waals surface area (Å²) in [5, 5.41) is 13.2. The van der Waals surface area contributed by atoms with Gasteiger partial charge >= 0.3 is 5.97 Å². The van der Waals surface area contributed by atoms with Crippen molar-refractivity contribution < 1.29 is 9.90 Å². The molecule has 0 unspecified atom stereocenters. The molecule has 0 radical (unpaired) electrons. The van der Waals surface area contributed by atoms with Crippen molar-refractivity contribution in [2.24, 2.45) is 0 Å². The largest absolute Gasteiger partial charge is 0.476 e. The summed E-state index contributed by atoms with van der Waals surface area (Å²) in [6.45, 7) is 5.98. The Morgan fingerprint density at radius 3 is 2.42 bits per heavy atom. The summed E-state index contributed by atoms with van der Waals surface area (Å²) >= 11 is 0. The number of carbonyl (C=O) groups is 1. The van der Waals surface area contributed by atoms with Gasteiger partial charge in [0.15, 0.2) is 17.3 Å². The third kappa shape index (κ3) is 2.90. The third-order valence-corrected chi connectivity index (χ3v) is 3.88. The molecular formula is C18H18N4O2. The van der Waals surface area contributed by atoms with Crippen LogP contribution in [0.5, 0.6) is 0 Å². The van der Waals surface area contributed by atoms with E-state index in [1.54, 1.807) is 6.20 Å². The Labute approximate surface area is 139 Å². The zero-order chi connectivity index (χ0) is 17.3. The van der Waals surface area contributed by atoms with E-state index in [2.05, 4.69) is 15.1 Å². The average molecular weight is 322 g/mol. The number of nitrogens with zero attached hydrogens (tertiary/aromatic N) is 4. The summed E-state index contributed by atoms with van der Waals surface area (Å²) in [7, 11) is 0. The lowest BCUT2D eigenvalue weighted by molar-refractivity contribution is 0.0690. The van der Waals surface area contributed by atoms with E-state index < -0.39 is 5.97 Å². The van der Waals surface area contributed by atoms with Crippen molar-refractivity contribution in [3.05, 3.63) is 59.0 Å². The van der Waals surface area contributed by atoms with Gasteiger partial charge in [-0.15, -0.1) is 0 Å². The zero-order valence-corrected chi connectivity index (χ0v) is 13.8. The smallest absolute Gasteiger partial charge is 0.356 e. The van der Waals surface area contributed by atoms with Gasteiger partial charge in [-0.2, -0.15) is 5.10 Å². The molecule has 122 valence electrons. The van der Waals surface area contributed by atoms with E-state index in [0.717, 1.165) is 23.2 Å². The number of aromatic nitrogens is 4. The number of hydrogen-bond donors (Lipinski definition) is 1. The van der Waals surface area contributed by atoms with E-state index in [4.69, 9.17) is 5.11 Å². The van der Waals surface area contributed by atoms with E-state index in [1.165, 1.54) is 16.3 Å². The van der Waals surface area contributed by atoms with Crippen molar-refractivity contribution >= 4 is 5.97 Å². The maximum absolute atomic E-state index is 11.1. The number of carboxylic acids is 1. The van der Waals surface area contributed by atoms with Crippen LogP contribution < -0.4 is 0 Å². The second-order valence-electron chi connectivity index (χ2n) is 5.61. The number of rotatable bonds is 4. The first kappa shape index (κ1) is 15.9. The fourth-order valence-electron chi connectivity index (χ4n) is 2.57. The van der Waals surface area contributed by atoms with Gasteiger partial charge < -0.3 is 5.11 Å². The van der Waals surface area contributed by atoms with Gasteiger partial charge in [0.25, 0.3) is 0 Å². The zero-order valence-electron chi connectivity index (χ0n) is 13.8. The van der Waals surface area contributed by atoms with Crippen molar-refractivity contribution in [2.45, 2.75) is 27.2 Å². The van der Waals surface area contributed by atoms with Crippen LogP contribution in [0, 0.1) is 13.8 Å². The molecule has 0 saturated carbocycles. The molecular weight excluding hydrogens is 304 g/mol. The Kier molecular flexibility index (Phi) is 4.12. The minimum Gasteiger partial charge on any atom is -0.476 e. The van der Waals surface area contributed by atoms with Gasteiger partial charge in [0, 0.05) is 23.0 Å². The Hall–Kier alpha value is -3.02. The minimum absolute atomic E-state index is 0.00907. The Bertz CT molecular complexity index is 898. The fraction of sp³-hybridized carbons (Fsp3) is 0.222. The van der Waals surface area contributed by atoms with Gasteiger partial charge in [0.05, 0.1) is 0 Å². The molecule has 2 aromatic heterocycles. The molecule has 3 aromatic rings. The lowest BCUT2D eigenvalue weighted by Gasteiger charge is -2.12. The van der Waals surface area contributed by atoms with Crippen LogP contribution in [-0.4, -0.2) is 30.8 Å². The van der Waals surface area contributed by atoms with Crippen LogP contribution in [0.3, 0.4) is 0 Å². The molecule has 2 heterocycles. The fourth-order valence-corrected chi connectivity index (χ4v) is 2.57. The average Bonchev–Trinajstić information content (AvgIpc) is 3.05. The van der Waals surface area contributed by atoms with E-state index in [-0.39, 0.29) is 5.69 Å². The summed E-state index contributed by atoms with van der Waals surface area (Å²) in [6, 6.07) is 9.44. The van der Waals surface area contributed by atoms with Gasteiger partial charge in [-0.25, -0.2) is 19.4 Å². The van der Waals surface area contributed by atoms with Gasteiger partial charge in [0.2, 0.25) is 0 Å². The van der Waals surface area contributed by atoms with Crippen molar-refractivity contribution in [1.29, 1.82) is 0 Å². The molecule has 3 rings (SSSR count). The standard InChI is InChI=1S/C18H18N4O2/c1-4-14-12(3)19-16(13-7-5-11(2)6-8-13)20-17(14)22-10-9-15(21-22)18(23)24/h5-10H,4H2,1-3H3,(H,23,24). The highest BCUT2D eigenvalue weighted by molar-refractivity contribution is 5.85. The summed E-state index contributed by atoms with van der Waals surface area (Å²) < 4.78 is 1.51. The van der Waals surface area contributed by atoms with Crippen molar-refractivity contribution in [3.8, 4) is 17.2 Å². The van der Waals surface area contributed by atoms with Crippen molar-refractivity contribution in [3.63, 3.8) is 0 Å². The second-order valence-corrected chi connectivity index (χ2v) is 5.61. The SMILES string of the molecule is CCc1c(C)nc(-c2ccc(C)cc2)nc1-n1ccc(C(=O)O)n1. The van der Waals surface area contributed by atoms with Crippen molar-refractivity contribution in [1.82, 2.24) is 19.7 Å². The van der Waals surface area contributed by atoms with E-state index in [9.17, 15) is 4.79 Å². The van der Waals surface area contributed by atoms with Crippen LogP contribution in [0.15, 0.2) is 36.5 Å². The molecule has 6 nitrogen and oxygen atoms in total. The number of carboxylic acid groups (broad SMARTS) is 1. The molecule has 24 heavy (non-hydrogen) atoms. The van der Waals surface area contributed by atoms with Gasteiger partial charge in [-0.3, -0.25) is 0 Å². The Balaban J connectivity index is 2.16. The van der Waals surface area contributed by atoms with Crippen LogP contribution in [0.25, 0.3) is 17.2 Å². The van der Waals surface area contributed by atoms with Crippen LogP contribution >= 0.6 is 0 Å². The first-order chi connectivity index (χ1) is 11.5. The molecule has 0 amide bonds. The molecule has 0 fully saturated rings. The molecule has 0 spiro atoms. The maximum atomic E-state index is 11.1. The lowest BCUT2D eigenvalue weighted by atomic mass is 10.1. The van der Waals surface area contributed by atoms with Crippen LogP contribution in [-0.2, 0) is 6.42 Å². The molecule has 0 aliphatic heterocycles. The van der Waals surface area contributed by atoms with Crippen LogP contribution in [0.4, 0.5) is 0 Å². The summed E-state index contributed by atoms with van der Waals surface area (Å²) in [5.74, 6) is 0.163. The Morgan fingerprint density at radius 2 is 1.83 bits per heavy atom. The van der Waals surface area contributed by atoms with Gasteiger partial charge in [-0.05, 0) is 26.3 Å². The molecule has 0 saturated heterocycles. The highest BCUT2D eigenvalue weighted by Gasteiger charge is 2.16. The monoisotopic (exact) mass is 322 g/mol. The van der Waals surface area contributed by atoms with Gasteiger partial charge in [0.1, 0.15) is 0 Å². The number of hydrogen-bond acceptors (Lipinski definition) is 4. The summed E-state index contributed by atoms with van der Waals surface area (Å²) in [5.41, 5.74) is 3.89. The quantitative estimate of drug-likeness (QED) is 0.797. The van der Waals surface area contributed by atoms with Crippen molar-refractivity contribution in [2.75, 3.05) is 0 Å². The molecule has 0 aliphatic carbocycles. The molecule has 0 aliphatic rings. The molecule has 1 aromatic carbocycles. The number of aryl methyl sites for hydroxylation is 2. The van der Waals surface area contributed by atoms with E-state index >= 15 is 0 Å². The molecule has 0 bridgehead atoms. The second kappa shape index (κ2) is 6.23. The first-order valence-corrected chi connectivity index (χ1v) is 7.73. The first-order valence-electron chi connectivity index (χ1n) is 7.73. The highest BCUT2D eigenvalue weighted by Crippen LogP contribution is 2.22. The van der Waals surface area contributed by atoms with Crippen LogP contribution in [0.1, 0.15) is 34.2 Å². The van der Waals surface area contributed by atoms with Crippen LogP contribution in [0.2, 0.25) is 0 Å². The maximum Gasteiger partial charge on any atom is 0.356 e. The van der Waals surface area contributed by atoms with E-state index in [0.29, 0.717) is 11.6 Å². The minimum atomic E-state index is -1.06. The normalized spacial score (nSPS) is 10.8.